The average Bonchev–Trinajstić information content (AvgIpc) is 3.56. The van der Waals surface area contributed by atoms with Crippen LogP contribution in [0.1, 0.15) is 10.4 Å². The minimum Gasteiger partial charge on any atom is -0.497 e. The number of carbonyl (C=O) groups is 2. The van der Waals surface area contributed by atoms with E-state index < -0.39 is 0 Å². The van der Waals surface area contributed by atoms with Crippen LogP contribution in [0, 0.1) is 0 Å². The van der Waals surface area contributed by atoms with Gasteiger partial charge in [0.2, 0.25) is 0 Å². The summed E-state index contributed by atoms with van der Waals surface area (Å²) in [5.74, 6) is 0.827. The highest BCUT2D eigenvalue weighted by Crippen LogP contribution is 2.35. The van der Waals surface area contributed by atoms with Crippen LogP contribution in [0.2, 0.25) is 0 Å². The van der Waals surface area contributed by atoms with Gasteiger partial charge in [-0.1, -0.05) is 24.3 Å². The number of hydrogen-bond donors (Lipinski definition) is 2. The van der Waals surface area contributed by atoms with Crippen LogP contribution in [0.25, 0.3) is 16.9 Å². The van der Waals surface area contributed by atoms with Crippen molar-refractivity contribution in [1.82, 2.24) is 15.1 Å². The summed E-state index contributed by atoms with van der Waals surface area (Å²) in [6.07, 6.45) is 1.69. The summed E-state index contributed by atoms with van der Waals surface area (Å²) in [6.45, 7) is 1.15. The Labute approximate surface area is 208 Å². The van der Waals surface area contributed by atoms with E-state index in [1.54, 1.807) is 66.4 Å². The number of methoxy groups -OCH3 is 2. The molecule has 2 heterocycles. The Morgan fingerprint density at radius 1 is 0.972 bits per heavy atom. The first-order chi connectivity index (χ1) is 17.6. The number of carbonyl (C=O) groups excluding carboxylic acids is 2. The summed E-state index contributed by atoms with van der Waals surface area (Å²) in [5, 5.41) is 10.5. The summed E-state index contributed by atoms with van der Waals surface area (Å²) < 4.78 is 12.6. The van der Waals surface area contributed by atoms with Crippen molar-refractivity contribution >= 4 is 23.3 Å². The molecule has 0 unspecified atom stereocenters. The molecule has 36 heavy (non-hydrogen) atoms. The molecule has 3 aromatic carbocycles. The van der Waals surface area contributed by atoms with Crippen molar-refractivity contribution in [3.8, 4) is 28.4 Å². The Morgan fingerprint density at radius 2 is 1.78 bits per heavy atom. The van der Waals surface area contributed by atoms with Gasteiger partial charge in [-0.15, -0.1) is 0 Å². The summed E-state index contributed by atoms with van der Waals surface area (Å²) in [7, 11) is 3.15. The van der Waals surface area contributed by atoms with E-state index in [1.165, 1.54) is 0 Å². The van der Waals surface area contributed by atoms with Gasteiger partial charge in [0, 0.05) is 36.2 Å². The van der Waals surface area contributed by atoms with Crippen LogP contribution in [-0.2, 0) is 0 Å². The van der Waals surface area contributed by atoms with Crippen molar-refractivity contribution in [3.05, 3.63) is 84.6 Å². The monoisotopic (exact) mass is 483 g/mol. The van der Waals surface area contributed by atoms with Gasteiger partial charge in [0.05, 0.1) is 25.5 Å². The van der Waals surface area contributed by atoms with Gasteiger partial charge >= 0.3 is 6.03 Å². The van der Waals surface area contributed by atoms with Crippen molar-refractivity contribution in [2.24, 2.45) is 0 Å². The first-order valence-electron chi connectivity index (χ1n) is 11.4. The first kappa shape index (κ1) is 23.0. The summed E-state index contributed by atoms with van der Waals surface area (Å²) in [5.41, 5.74) is 3.50. The third-order valence-corrected chi connectivity index (χ3v) is 5.91. The number of urea groups is 1. The lowest BCUT2D eigenvalue weighted by Crippen LogP contribution is -2.27. The molecule has 9 nitrogen and oxygen atoms in total. The summed E-state index contributed by atoms with van der Waals surface area (Å²) in [6, 6.07) is 21.9. The third kappa shape index (κ3) is 4.46. The molecular weight excluding hydrogens is 458 g/mol. The molecule has 5 rings (SSSR count). The quantitative estimate of drug-likeness (QED) is 0.408. The predicted octanol–water partition coefficient (Wildman–Crippen LogP) is 4.34. The van der Waals surface area contributed by atoms with E-state index in [-0.39, 0.29) is 11.9 Å². The molecule has 0 saturated carbocycles. The minimum atomic E-state index is -0.347. The molecule has 1 aliphatic heterocycles. The maximum Gasteiger partial charge on any atom is 0.321 e. The second-order valence-electron chi connectivity index (χ2n) is 8.13. The Hall–Kier alpha value is -4.79. The topological polar surface area (TPSA) is 97.7 Å². The second-order valence-corrected chi connectivity index (χ2v) is 8.13. The Kier molecular flexibility index (Phi) is 6.27. The highest BCUT2D eigenvalue weighted by Gasteiger charge is 2.24. The van der Waals surface area contributed by atoms with Crippen LogP contribution in [0.3, 0.4) is 0 Å². The van der Waals surface area contributed by atoms with Gasteiger partial charge in [0.1, 0.15) is 17.2 Å². The molecule has 2 N–H and O–H groups in total. The van der Waals surface area contributed by atoms with Crippen molar-refractivity contribution in [2.75, 3.05) is 37.5 Å². The molecule has 1 aromatic heterocycles. The third-order valence-electron chi connectivity index (χ3n) is 5.91. The van der Waals surface area contributed by atoms with E-state index in [0.29, 0.717) is 52.8 Å². The van der Waals surface area contributed by atoms with Crippen LogP contribution in [0.15, 0.2) is 79.0 Å². The van der Waals surface area contributed by atoms with Gasteiger partial charge in [-0.2, -0.15) is 5.10 Å². The highest BCUT2D eigenvalue weighted by molar-refractivity contribution is 6.09. The number of nitrogens with zero attached hydrogens (tertiary/aromatic N) is 3. The fourth-order valence-electron chi connectivity index (χ4n) is 4.12. The molecule has 1 aliphatic rings. The Bertz CT molecular complexity index is 1420. The number of hydrogen-bond acceptors (Lipinski definition) is 5. The second kappa shape index (κ2) is 9.83. The standard InChI is InChI=1S/C27H25N5O4/c1-35-21-11-12-24(36-2)22(16-21)25-23(17-32(30-25)19-8-4-3-5-9-19)26(33)29-18-7-6-10-20(15-18)31-14-13-28-27(31)34/h3-12,15-17H,13-14H2,1-2H3,(H,28,34)(H,29,33). The van der Waals surface area contributed by atoms with E-state index in [4.69, 9.17) is 14.6 Å². The fourth-order valence-corrected chi connectivity index (χ4v) is 4.12. The largest absolute Gasteiger partial charge is 0.497 e. The molecule has 0 bridgehead atoms. The number of ether oxygens (including phenoxy) is 2. The van der Waals surface area contributed by atoms with Gasteiger partial charge in [0.15, 0.2) is 0 Å². The number of benzene rings is 3. The van der Waals surface area contributed by atoms with Crippen molar-refractivity contribution in [3.63, 3.8) is 0 Å². The minimum absolute atomic E-state index is 0.157. The molecule has 1 fully saturated rings. The highest BCUT2D eigenvalue weighted by atomic mass is 16.5. The molecule has 9 heteroatoms. The van der Waals surface area contributed by atoms with E-state index in [2.05, 4.69) is 10.6 Å². The van der Waals surface area contributed by atoms with E-state index in [0.717, 1.165) is 5.69 Å². The predicted molar refractivity (Wildman–Crippen MR) is 137 cm³/mol. The molecular formula is C27H25N5O4. The zero-order valence-corrected chi connectivity index (χ0v) is 19.9. The van der Waals surface area contributed by atoms with Crippen LogP contribution in [0.4, 0.5) is 16.2 Å². The maximum absolute atomic E-state index is 13.6. The molecule has 3 amide bonds. The lowest BCUT2D eigenvalue weighted by Gasteiger charge is -2.15. The Morgan fingerprint density at radius 3 is 2.50 bits per heavy atom. The number of amides is 3. The molecule has 0 radical (unpaired) electrons. The molecule has 182 valence electrons. The summed E-state index contributed by atoms with van der Waals surface area (Å²) in [4.78, 5) is 27.3. The Balaban J connectivity index is 1.55. The first-order valence-corrected chi connectivity index (χ1v) is 11.4. The zero-order valence-electron chi connectivity index (χ0n) is 19.9. The van der Waals surface area contributed by atoms with Crippen LogP contribution < -0.4 is 25.0 Å². The molecule has 0 aliphatic carbocycles. The maximum atomic E-state index is 13.6. The van der Waals surface area contributed by atoms with E-state index in [1.807, 2.05) is 36.4 Å². The van der Waals surface area contributed by atoms with Crippen molar-refractivity contribution < 1.29 is 19.1 Å². The van der Waals surface area contributed by atoms with Crippen molar-refractivity contribution in [1.29, 1.82) is 0 Å². The molecule has 4 aromatic rings. The van der Waals surface area contributed by atoms with E-state index >= 15 is 0 Å². The van der Waals surface area contributed by atoms with Gasteiger partial charge in [-0.3, -0.25) is 9.69 Å². The van der Waals surface area contributed by atoms with Gasteiger partial charge < -0.3 is 20.1 Å². The summed E-state index contributed by atoms with van der Waals surface area (Å²) >= 11 is 0. The lowest BCUT2D eigenvalue weighted by atomic mass is 10.1. The van der Waals surface area contributed by atoms with Crippen LogP contribution in [-0.4, -0.2) is 49.0 Å². The molecule has 1 saturated heterocycles. The molecule has 0 spiro atoms. The lowest BCUT2D eigenvalue weighted by molar-refractivity contribution is 0.102. The van der Waals surface area contributed by atoms with Crippen LogP contribution in [0.5, 0.6) is 11.5 Å². The van der Waals surface area contributed by atoms with Gasteiger partial charge in [-0.25, -0.2) is 9.48 Å². The number of para-hydroxylation sites is 1. The smallest absolute Gasteiger partial charge is 0.321 e. The number of anilines is 2. The average molecular weight is 484 g/mol. The number of nitrogens with one attached hydrogen (secondary N) is 2. The zero-order chi connectivity index (χ0) is 25.1. The fraction of sp³-hybridized carbons (Fsp3) is 0.148. The van der Waals surface area contributed by atoms with Crippen molar-refractivity contribution in [2.45, 2.75) is 0 Å². The van der Waals surface area contributed by atoms with Crippen LogP contribution >= 0.6 is 0 Å². The number of rotatable bonds is 7. The van der Waals surface area contributed by atoms with Gasteiger partial charge in [-0.05, 0) is 48.5 Å². The normalized spacial score (nSPS) is 12.8. The number of aromatic nitrogens is 2. The molecule has 0 atom stereocenters. The van der Waals surface area contributed by atoms with Gasteiger partial charge in [0.25, 0.3) is 5.91 Å². The SMILES string of the molecule is COc1ccc(OC)c(-c2nn(-c3ccccc3)cc2C(=O)Nc2cccc(N3CCNC3=O)c2)c1. The van der Waals surface area contributed by atoms with E-state index in [9.17, 15) is 9.59 Å².